The maximum Gasteiger partial charge on any atom is 0.227 e. The Morgan fingerprint density at radius 2 is 2.07 bits per heavy atom. The first-order chi connectivity index (χ1) is 13.5. The summed E-state index contributed by atoms with van der Waals surface area (Å²) in [5, 5.41) is 9.20. The van der Waals surface area contributed by atoms with Crippen LogP contribution in [0.1, 0.15) is 30.4 Å². The van der Waals surface area contributed by atoms with E-state index >= 15 is 0 Å². The number of hydrogen-bond donors (Lipinski definition) is 3. The molecule has 2 aromatic rings. The molecule has 3 N–H and O–H groups in total. The minimum Gasteiger partial charge on any atom is -0.356 e. The fourth-order valence-corrected chi connectivity index (χ4v) is 3.05. The molecule has 1 amide bonds. The molecule has 0 spiro atoms. The molecule has 1 aromatic heterocycles. The van der Waals surface area contributed by atoms with E-state index in [9.17, 15) is 9.18 Å². The van der Waals surface area contributed by atoms with Gasteiger partial charge < -0.3 is 16.0 Å². The van der Waals surface area contributed by atoms with Crippen LogP contribution in [0, 0.1) is 12.7 Å². The van der Waals surface area contributed by atoms with Crippen molar-refractivity contribution in [2.45, 2.75) is 31.6 Å². The summed E-state index contributed by atoms with van der Waals surface area (Å²) in [4.78, 5) is 20.4. The van der Waals surface area contributed by atoms with Gasteiger partial charge in [0.15, 0.2) is 5.96 Å². The van der Waals surface area contributed by atoms with Crippen LogP contribution in [-0.2, 0) is 10.2 Å². The van der Waals surface area contributed by atoms with E-state index in [0.717, 1.165) is 24.0 Å². The number of aryl methyl sites for hydroxylation is 1. The number of aromatic nitrogens is 1. The van der Waals surface area contributed by atoms with E-state index in [0.29, 0.717) is 31.3 Å². The molecule has 1 fully saturated rings. The summed E-state index contributed by atoms with van der Waals surface area (Å²) in [7, 11) is 1.69. The Balaban J connectivity index is 1.42. The maximum atomic E-state index is 13.5. The number of anilines is 1. The van der Waals surface area contributed by atoms with Crippen molar-refractivity contribution in [3.05, 3.63) is 59.5 Å². The molecule has 0 aliphatic heterocycles. The second kappa shape index (κ2) is 8.82. The van der Waals surface area contributed by atoms with Gasteiger partial charge in [0.05, 0.1) is 0 Å². The van der Waals surface area contributed by atoms with Crippen LogP contribution in [0.25, 0.3) is 0 Å². The quantitative estimate of drug-likeness (QED) is 0.507. The molecule has 0 saturated heterocycles. The van der Waals surface area contributed by atoms with E-state index in [4.69, 9.17) is 0 Å². The number of guanidine groups is 1. The lowest BCUT2D eigenvalue weighted by Crippen LogP contribution is -2.42. The number of rotatable bonds is 7. The Morgan fingerprint density at radius 3 is 2.71 bits per heavy atom. The van der Waals surface area contributed by atoms with Gasteiger partial charge in [0, 0.05) is 38.2 Å². The Kier molecular flexibility index (Phi) is 6.23. The fraction of sp³-hybridized carbons (Fsp3) is 0.381. The second-order valence-electron chi connectivity index (χ2n) is 7.16. The highest BCUT2D eigenvalue weighted by Gasteiger charge is 2.44. The van der Waals surface area contributed by atoms with Crippen molar-refractivity contribution in [2.75, 3.05) is 25.5 Å². The number of carbonyl (C=O) groups excluding carboxylic acids is 1. The first-order valence-corrected chi connectivity index (χ1v) is 9.44. The van der Waals surface area contributed by atoms with Gasteiger partial charge in [-0.1, -0.05) is 18.2 Å². The number of benzene rings is 1. The first-order valence-electron chi connectivity index (χ1n) is 9.44. The molecule has 0 atom stereocenters. The topological polar surface area (TPSA) is 78.4 Å². The third-order valence-corrected chi connectivity index (χ3v) is 4.93. The van der Waals surface area contributed by atoms with Gasteiger partial charge in [-0.2, -0.15) is 0 Å². The third-order valence-electron chi connectivity index (χ3n) is 4.93. The number of pyridine rings is 1. The first kappa shape index (κ1) is 19.8. The highest BCUT2D eigenvalue weighted by atomic mass is 19.1. The summed E-state index contributed by atoms with van der Waals surface area (Å²) in [6.45, 7) is 3.07. The van der Waals surface area contributed by atoms with Crippen molar-refractivity contribution < 1.29 is 9.18 Å². The standard InChI is InChI=1S/C21H26FN5O/c1-15-6-7-18(25-13-15)27-19(28)8-11-24-20(23-2)26-14-21(9-10-21)16-4-3-5-17(22)12-16/h3-7,12-13H,8-11,14H2,1-2H3,(H2,23,24,26)(H,25,27,28). The number of carbonyl (C=O) groups is 1. The van der Waals surface area contributed by atoms with Crippen LogP contribution in [-0.4, -0.2) is 37.0 Å². The van der Waals surface area contributed by atoms with Gasteiger partial charge in [0.2, 0.25) is 5.91 Å². The largest absolute Gasteiger partial charge is 0.356 e. The lowest BCUT2D eigenvalue weighted by atomic mass is 9.96. The lowest BCUT2D eigenvalue weighted by molar-refractivity contribution is -0.116. The van der Waals surface area contributed by atoms with Crippen LogP contribution in [0.3, 0.4) is 0 Å². The Hall–Kier alpha value is -2.96. The molecule has 6 nitrogen and oxygen atoms in total. The van der Waals surface area contributed by atoms with Gasteiger partial charge in [-0.25, -0.2) is 9.37 Å². The summed E-state index contributed by atoms with van der Waals surface area (Å²) in [6, 6.07) is 10.5. The van der Waals surface area contributed by atoms with E-state index in [2.05, 4.69) is 25.9 Å². The Morgan fingerprint density at radius 1 is 1.25 bits per heavy atom. The summed E-state index contributed by atoms with van der Waals surface area (Å²) in [5.74, 6) is 0.853. The zero-order valence-electron chi connectivity index (χ0n) is 16.3. The van der Waals surface area contributed by atoms with Gasteiger partial charge in [-0.05, 0) is 49.1 Å². The molecule has 1 aliphatic carbocycles. The number of halogens is 1. The highest BCUT2D eigenvalue weighted by Crippen LogP contribution is 2.47. The van der Waals surface area contributed by atoms with Crippen molar-refractivity contribution in [3.8, 4) is 0 Å². The molecule has 0 bridgehead atoms. The number of aliphatic imine (C=N–C) groups is 1. The minimum atomic E-state index is -0.208. The summed E-state index contributed by atoms with van der Waals surface area (Å²) in [5.41, 5.74) is 2.02. The minimum absolute atomic E-state index is 0.0335. The van der Waals surface area contributed by atoms with E-state index in [1.807, 2.05) is 19.1 Å². The van der Waals surface area contributed by atoms with Crippen molar-refractivity contribution in [1.29, 1.82) is 0 Å². The number of nitrogens with zero attached hydrogens (tertiary/aromatic N) is 2. The molecule has 148 valence electrons. The highest BCUT2D eigenvalue weighted by molar-refractivity contribution is 5.90. The van der Waals surface area contributed by atoms with Crippen molar-refractivity contribution in [2.24, 2.45) is 4.99 Å². The summed E-state index contributed by atoms with van der Waals surface area (Å²) >= 11 is 0. The van der Waals surface area contributed by atoms with Crippen LogP contribution in [0.4, 0.5) is 10.2 Å². The zero-order valence-corrected chi connectivity index (χ0v) is 16.3. The zero-order chi connectivity index (χ0) is 20.0. The van der Waals surface area contributed by atoms with Crippen LogP contribution in [0.5, 0.6) is 0 Å². The average Bonchev–Trinajstić information content (AvgIpc) is 3.47. The van der Waals surface area contributed by atoms with Gasteiger partial charge in [0.25, 0.3) is 0 Å². The van der Waals surface area contributed by atoms with E-state index in [-0.39, 0.29) is 17.1 Å². The normalized spacial score (nSPS) is 15.0. The second-order valence-corrected chi connectivity index (χ2v) is 7.16. The van der Waals surface area contributed by atoms with Crippen LogP contribution >= 0.6 is 0 Å². The lowest BCUT2D eigenvalue weighted by Gasteiger charge is -2.19. The van der Waals surface area contributed by atoms with Crippen molar-refractivity contribution >= 4 is 17.7 Å². The van der Waals surface area contributed by atoms with Gasteiger partial charge in [0.1, 0.15) is 11.6 Å². The van der Waals surface area contributed by atoms with Crippen molar-refractivity contribution in [3.63, 3.8) is 0 Å². The molecule has 1 heterocycles. The smallest absolute Gasteiger partial charge is 0.227 e. The SMILES string of the molecule is CN=C(NCCC(=O)Nc1ccc(C)cn1)NCC1(c2cccc(F)c2)CC1. The predicted octanol–water partition coefficient (Wildman–Crippen LogP) is 2.75. The van der Waals surface area contributed by atoms with E-state index < -0.39 is 0 Å². The van der Waals surface area contributed by atoms with E-state index in [1.54, 1.807) is 31.4 Å². The molecule has 0 unspecified atom stereocenters. The summed E-state index contributed by atoms with van der Waals surface area (Å²) in [6.07, 6.45) is 4.05. The van der Waals surface area contributed by atoms with Crippen molar-refractivity contribution in [1.82, 2.24) is 15.6 Å². The molecular weight excluding hydrogens is 357 g/mol. The van der Waals surface area contributed by atoms with Crippen LogP contribution < -0.4 is 16.0 Å². The number of nitrogens with one attached hydrogen (secondary N) is 3. The molecule has 3 rings (SSSR count). The Bertz CT molecular complexity index is 846. The van der Waals surface area contributed by atoms with Gasteiger partial charge in [-0.3, -0.25) is 9.79 Å². The Labute approximate surface area is 164 Å². The van der Waals surface area contributed by atoms with Gasteiger partial charge >= 0.3 is 0 Å². The number of amides is 1. The van der Waals surface area contributed by atoms with Crippen LogP contribution in [0.2, 0.25) is 0 Å². The third kappa shape index (κ3) is 5.28. The maximum absolute atomic E-state index is 13.5. The number of hydrogen-bond acceptors (Lipinski definition) is 3. The molecule has 0 radical (unpaired) electrons. The van der Waals surface area contributed by atoms with E-state index in [1.165, 1.54) is 6.07 Å². The molecule has 7 heteroatoms. The molecule has 1 aromatic carbocycles. The molecule has 28 heavy (non-hydrogen) atoms. The average molecular weight is 383 g/mol. The van der Waals surface area contributed by atoms with Gasteiger partial charge in [-0.15, -0.1) is 0 Å². The summed E-state index contributed by atoms with van der Waals surface area (Å²) < 4.78 is 13.5. The molecular formula is C21H26FN5O. The fourth-order valence-electron chi connectivity index (χ4n) is 3.05. The monoisotopic (exact) mass is 383 g/mol. The molecule has 1 aliphatic rings. The predicted molar refractivity (Wildman–Crippen MR) is 109 cm³/mol. The molecule has 1 saturated carbocycles. The van der Waals surface area contributed by atoms with Crippen LogP contribution in [0.15, 0.2) is 47.6 Å².